The molecular formula is C14H26N2S. The Balaban J connectivity index is 1.97. The van der Waals surface area contributed by atoms with E-state index in [1.54, 1.807) is 0 Å². The molecule has 0 saturated heterocycles. The van der Waals surface area contributed by atoms with Crippen molar-refractivity contribution in [3.63, 3.8) is 0 Å². The summed E-state index contributed by atoms with van der Waals surface area (Å²) in [5.74, 6) is 0. The summed E-state index contributed by atoms with van der Waals surface area (Å²) in [7, 11) is 0. The van der Waals surface area contributed by atoms with Crippen LogP contribution in [0.1, 0.15) is 49.5 Å². The number of nitrogens with two attached hydrogens (primary N) is 1. The fourth-order valence-corrected chi connectivity index (χ4v) is 2.91. The molecule has 3 N–H and O–H groups in total. The van der Waals surface area contributed by atoms with Crippen LogP contribution in [0.5, 0.6) is 0 Å². The summed E-state index contributed by atoms with van der Waals surface area (Å²) in [4.78, 5) is 1.51. The van der Waals surface area contributed by atoms with Gasteiger partial charge in [0.2, 0.25) is 0 Å². The van der Waals surface area contributed by atoms with Gasteiger partial charge in [0.25, 0.3) is 0 Å². The first-order chi connectivity index (χ1) is 8.38. The Hall–Kier alpha value is -0.380. The van der Waals surface area contributed by atoms with Crippen LogP contribution < -0.4 is 11.1 Å². The average Bonchev–Trinajstić information content (AvgIpc) is 2.80. The molecule has 3 heteroatoms. The SMILES string of the molecule is CCc1ccsc1CNCCCCCCCN. The molecule has 98 valence electrons. The Morgan fingerprint density at radius 1 is 1.18 bits per heavy atom. The van der Waals surface area contributed by atoms with Crippen molar-refractivity contribution in [3.05, 3.63) is 21.9 Å². The van der Waals surface area contributed by atoms with Crippen LogP contribution in [-0.2, 0) is 13.0 Å². The maximum absolute atomic E-state index is 5.46. The maximum atomic E-state index is 5.46. The molecule has 0 aromatic carbocycles. The van der Waals surface area contributed by atoms with E-state index >= 15 is 0 Å². The number of hydrogen-bond acceptors (Lipinski definition) is 3. The standard InChI is InChI=1S/C14H26N2S/c1-2-13-8-11-17-14(13)12-16-10-7-5-3-4-6-9-15/h8,11,16H,2-7,9-10,12,15H2,1H3. The van der Waals surface area contributed by atoms with E-state index in [0.29, 0.717) is 0 Å². The van der Waals surface area contributed by atoms with Gasteiger partial charge in [-0.2, -0.15) is 0 Å². The molecule has 0 fully saturated rings. The normalized spacial score (nSPS) is 10.9. The van der Waals surface area contributed by atoms with Gasteiger partial charge in [-0.1, -0.05) is 26.2 Å². The summed E-state index contributed by atoms with van der Waals surface area (Å²) >= 11 is 1.87. The first kappa shape index (κ1) is 14.7. The minimum Gasteiger partial charge on any atom is -0.330 e. The molecular weight excluding hydrogens is 228 g/mol. The highest BCUT2D eigenvalue weighted by molar-refractivity contribution is 7.10. The monoisotopic (exact) mass is 254 g/mol. The van der Waals surface area contributed by atoms with Crippen molar-refractivity contribution in [2.24, 2.45) is 5.73 Å². The molecule has 1 aromatic rings. The van der Waals surface area contributed by atoms with E-state index < -0.39 is 0 Å². The summed E-state index contributed by atoms with van der Waals surface area (Å²) in [6.45, 7) is 5.26. The minimum absolute atomic E-state index is 0.844. The van der Waals surface area contributed by atoms with Crippen molar-refractivity contribution in [3.8, 4) is 0 Å². The zero-order chi connectivity index (χ0) is 12.3. The lowest BCUT2D eigenvalue weighted by Crippen LogP contribution is -2.14. The smallest absolute Gasteiger partial charge is 0.0302 e. The van der Waals surface area contributed by atoms with E-state index in [1.165, 1.54) is 42.5 Å². The van der Waals surface area contributed by atoms with Gasteiger partial charge < -0.3 is 11.1 Å². The molecule has 0 saturated carbocycles. The average molecular weight is 254 g/mol. The van der Waals surface area contributed by atoms with E-state index in [0.717, 1.165) is 26.1 Å². The van der Waals surface area contributed by atoms with Gasteiger partial charge in [0.05, 0.1) is 0 Å². The van der Waals surface area contributed by atoms with E-state index in [2.05, 4.69) is 23.7 Å². The molecule has 1 heterocycles. The van der Waals surface area contributed by atoms with Gasteiger partial charge in [-0.25, -0.2) is 0 Å². The number of aryl methyl sites for hydroxylation is 1. The maximum Gasteiger partial charge on any atom is 0.0302 e. The molecule has 0 aliphatic carbocycles. The highest BCUT2D eigenvalue weighted by Gasteiger charge is 2.00. The Labute approximate surface area is 110 Å². The van der Waals surface area contributed by atoms with Crippen LogP contribution in [-0.4, -0.2) is 13.1 Å². The molecule has 0 atom stereocenters. The van der Waals surface area contributed by atoms with E-state index in [4.69, 9.17) is 5.73 Å². The lowest BCUT2D eigenvalue weighted by atomic mass is 10.1. The first-order valence-electron chi connectivity index (χ1n) is 6.84. The second kappa shape index (κ2) is 9.63. The Morgan fingerprint density at radius 2 is 1.94 bits per heavy atom. The van der Waals surface area contributed by atoms with Crippen molar-refractivity contribution >= 4 is 11.3 Å². The van der Waals surface area contributed by atoms with Crippen molar-refractivity contribution in [1.29, 1.82) is 0 Å². The van der Waals surface area contributed by atoms with E-state index in [-0.39, 0.29) is 0 Å². The summed E-state index contributed by atoms with van der Waals surface area (Å²) < 4.78 is 0. The molecule has 2 nitrogen and oxygen atoms in total. The van der Waals surface area contributed by atoms with Crippen molar-refractivity contribution in [2.75, 3.05) is 13.1 Å². The summed E-state index contributed by atoms with van der Waals surface area (Å²) in [5.41, 5.74) is 6.97. The van der Waals surface area contributed by atoms with Gasteiger partial charge in [0.15, 0.2) is 0 Å². The number of hydrogen-bond donors (Lipinski definition) is 2. The first-order valence-corrected chi connectivity index (χ1v) is 7.72. The largest absolute Gasteiger partial charge is 0.330 e. The lowest BCUT2D eigenvalue weighted by Gasteiger charge is -2.05. The Bertz CT molecular complexity index is 284. The number of nitrogens with one attached hydrogen (secondary N) is 1. The van der Waals surface area contributed by atoms with Crippen LogP contribution in [0.4, 0.5) is 0 Å². The predicted octanol–water partition coefficient (Wildman–Crippen LogP) is 3.31. The van der Waals surface area contributed by atoms with Crippen molar-refractivity contribution < 1.29 is 0 Å². The van der Waals surface area contributed by atoms with Crippen LogP contribution in [0.25, 0.3) is 0 Å². The predicted molar refractivity (Wildman–Crippen MR) is 77.5 cm³/mol. The molecule has 0 amide bonds. The van der Waals surface area contributed by atoms with Crippen molar-refractivity contribution in [2.45, 2.75) is 52.0 Å². The van der Waals surface area contributed by atoms with Gasteiger partial charge in [0.1, 0.15) is 0 Å². The van der Waals surface area contributed by atoms with Gasteiger partial charge in [0, 0.05) is 11.4 Å². The minimum atomic E-state index is 0.844. The Kier molecular flexibility index (Phi) is 8.32. The molecule has 0 aliphatic heterocycles. The molecule has 1 rings (SSSR count). The third kappa shape index (κ3) is 6.20. The number of rotatable bonds is 10. The molecule has 0 aliphatic rings. The van der Waals surface area contributed by atoms with Crippen LogP contribution in [0.15, 0.2) is 11.4 Å². The third-order valence-corrected chi connectivity index (χ3v) is 4.03. The molecule has 0 radical (unpaired) electrons. The molecule has 0 bridgehead atoms. The summed E-state index contributed by atoms with van der Waals surface area (Å²) in [6.07, 6.45) is 7.58. The van der Waals surface area contributed by atoms with Crippen molar-refractivity contribution in [1.82, 2.24) is 5.32 Å². The summed E-state index contributed by atoms with van der Waals surface area (Å²) in [5, 5.41) is 5.74. The number of unbranched alkanes of at least 4 members (excludes halogenated alkanes) is 4. The van der Waals surface area contributed by atoms with Crippen LogP contribution in [0, 0.1) is 0 Å². The lowest BCUT2D eigenvalue weighted by molar-refractivity contribution is 0.578. The summed E-state index contributed by atoms with van der Waals surface area (Å²) in [6, 6.07) is 2.24. The fourth-order valence-electron chi connectivity index (χ4n) is 1.96. The van der Waals surface area contributed by atoms with Crippen LogP contribution in [0.2, 0.25) is 0 Å². The second-order valence-electron chi connectivity index (χ2n) is 4.46. The third-order valence-electron chi connectivity index (χ3n) is 3.06. The van der Waals surface area contributed by atoms with E-state index in [9.17, 15) is 0 Å². The topological polar surface area (TPSA) is 38.0 Å². The molecule has 1 aromatic heterocycles. The van der Waals surface area contributed by atoms with Gasteiger partial charge in [-0.3, -0.25) is 0 Å². The highest BCUT2D eigenvalue weighted by atomic mass is 32.1. The fraction of sp³-hybridized carbons (Fsp3) is 0.714. The Morgan fingerprint density at radius 3 is 2.71 bits per heavy atom. The zero-order valence-corrected chi connectivity index (χ0v) is 11.8. The van der Waals surface area contributed by atoms with Gasteiger partial charge in [-0.05, 0) is 49.4 Å². The second-order valence-corrected chi connectivity index (χ2v) is 5.46. The quantitative estimate of drug-likeness (QED) is 0.629. The van der Waals surface area contributed by atoms with E-state index in [1.807, 2.05) is 11.3 Å². The van der Waals surface area contributed by atoms with Crippen LogP contribution >= 0.6 is 11.3 Å². The number of thiophene rings is 1. The van der Waals surface area contributed by atoms with Crippen LogP contribution in [0.3, 0.4) is 0 Å². The van der Waals surface area contributed by atoms with Gasteiger partial charge in [-0.15, -0.1) is 11.3 Å². The zero-order valence-electron chi connectivity index (χ0n) is 11.0. The van der Waals surface area contributed by atoms with Gasteiger partial charge >= 0.3 is 0 Å². The molecule has 17 heavy (non-hydrogen) atoms. The molecule has 0 unspecified atom stereocenters. The molecule has 0 spiro atoms. The highest BCUT2D eigenvalue weighted by Crippen LogP contribution is 2.16.